The lowest BCUT2D eigenvalue weighted by Crippen LogP contribution is -2.69. The molecule has 2 aliphatic carbocycles. The highest BCUT2D eigenvalue weighted by Crippen LogP contribution is 2.65. The van der Waals surface area contributed by atoms with Crippen LogP contribution in [-0.2, 0) is 29.2 Å². The molecular formula is C28H40O8Si. The van der Waals surface area contributed by atoms with Crippen LogP contribution in [0, 0.1) is 11.3 Å². The van der Waals surface area contributed by atoms with Crippen LogP contribution in [0.3, 0.4) is 0 Å². The summed E-state index contributed by atoms with van der Waals surface area (Å²) in [4.78, 5) is 28.9. The topological polar surface area (TPSA) is 89.5 Å². The first-order valence-electron chi connectivity index (χ1n) is 12.9. The Hall–Kier alpha value is -2.20. The number of rotatable bonds is 6. The van der Waals surface area contributed by atoms with Crippen molar-refractivity contribution in [2.75, 3.05) is 34.0 Å². The molecule has 8 nitrogen and oxygen atoms in total. The van der Waals surface area contributed by atoms with Gasteiger partial charge in [0.05, 0.1) is 57.2 Å². The summed E-state index contributed by atoms with van der Waals surface area (Å²) in [6.07, 6.45) is 1.48. The van der Waals surface area contributed by atoms with Gasteiger partial charge in [-0.15, -0.1) is 0 Å². The first-order chi connectivity index (χ1) is 17.3. The van der Waals surface area contributed by atoms with Gasteiger partial charge in [-0.2, -0.15) is 0 Å². The first-order valence-corrected chi connectivity index (χ1v) is 15.8. The van der Waals surface area contributed by atoms with E-state index in [-0.39, 0.29) is 30.6 Å². The van der Waals surface area contributed by atoms with E-state index in [0.29, 0.717) is 29.0 Å². The number of carbonyl (C=O) groups excluding carboxylic acids is 2. The van der Waals surface area contributed by atoms with Gasteiger partial charge < -0.3 is 28.1 Å². The Bertz CT molecular complexity index is 1110. The minimum Gasteiger partial charge on any atom is -0.496 e. The maximum Gasteiger partial charge on any atom is 0.321 e. The Morgan fingerprint density at radius 2 is 1.70 bits per heavy atom. The second-order valence-electron chi connectivity index (χ2n) is 11.6. The molecule has 204 valence electrons. The molecule has 1 saturated heterocycles. The van der Waals surface area contributed by atoms with Crippen molar-refractivity contribution >= 4 is 20.1 Å². The molecule has 3 aliphatic rings. The van der Waals surface area contributed by atoms with Crippen LogP contribution in [0.1, 0.15) is 57.0 Å². The van der Waals surface area contributed by atoms with Gasteiger partial charge >= 0.3 is 5.97 Å². The Kier molecular flexibility index (Phi) is 7.16. The summed E-state index contributed by atoms with van der Waals surface area (Å²) in [7, 11) is 0.570. The Labute approximate surface area is 220 Å². The maximum atomic E-state index is 14.5. The summed E-state index contributed by atoms with van der Waals surface area (Å²) in [5, 5.41) is -0.153. The number of carbonyl (C=O) groups is 2. The Morgan fingerprint density at radius 3 is 2.24 bits per heavy atom. The number of esters is 1. The van der Waals surface area contributed by atoms with Gasteiger partial charge in [-0.3, -0.25) is 9.59 Å². The van der Waals surface area contributed by atoms with E-state index in [9.17, 15) is 9.59 Å². The average molecular weight is 533 g/mol. The van der Waals surface area contributed by atoms with Crippen molar-refractivity contribution in [3.8, 4) is 11.5 Å². The molecule has 4 rings (SSSR count). The molecule has 3 atom stereocenters. The zero-order valence-electron chi connectivity index (χ0n) is 23.5. The molecular weight excluding hydrogens is 492 g/mol. The molecule has 0 bridgehead atoms. The fourth-order valence-electron chi connectivity index (χ4n) is 5.77. The number of methoxy groups -OCH3 is 2. The summed E-state index contributed by atoms with van der Waals surface area (Å²) in [5.74, 6) is -2.57. The summed E-state index contributed by atoms with van der Waals surface area (Å²) >= 11 is 0. The van der Waals surface area contributed by atoms with Crippen LogP contribution in [0.25, 0.3) is 0 Å². The fraction of sp³-hybridized carbons (Fsp3) is 0.643. The number of hydrogen-bond acceptors (Lipinski definition) is 8. The normalized spacial score (nSPS) is 26.8. The number of ketones is 1. The lowest BCUT2D eigenvalue weighted by molar-refractivity contribution is -0.284. The van der Waals surface area contributed by atoms with Crippen molar-refractivity contribution in [3.05, 3.63) is 34.9 Å². The minimum absolute atomic E-state index is 0.134. The van der Waals surface area contributed by atoms with Crippen LogP contribution in [0.5, 0.6) is 11.5 Å². The van der Waals surface area contributed by atoms with E-state index in [4.69, 9.17) is 28.1 Å². The fourth-order valence-corrected chi connectivity index (χ4v) is 7.01. The molecule has 9 heteroatoms. The van der Waals surface area contributed by atoms with E-state index in [1.54, 1.807) is 19.1 Å². The molecule has 37 heavy (non-hydrogen) atoms. The molecule has 1 heterocycles. The third-order valence-electron chi connectivity index (χ3n) is 8.50. The molecule has 1 spiro atoms. The highest BCUT2D eigenvalue weighted by molar-refractivity contribution is 6.74. The van der Waals surface area contributed by atoms with Gasteiger partial charge in [0.1, 0.15) is 11.5 Å². The molecule has 1 aliphatic heterocycles. The van der Waals surface area contributed by atoms with Gasteiger partial charge in [-0.05, 0) is 50.5 Å². The Morgan fingerprint density at radius 1 is 1.11 bits per heavy atom. The zero-order chi connectivity index (χ0) is 27.4. The molecule has 0 saturated carbocycles. The Balaban J connectivity index is 2.13. The highest BCUT2D eigenvalue weighted by atomic mass is 28.4. The summed E-state index contributed by atoms with van der Waals surface area (Å²) in [6, 6.07) is 3.41. The molecule has 0 N–H and O–H groups in total. The smallest absolute Gasteiger partial charge is 0.321 e. The van der Waals surface area contributed by atoms with Gasteiger partial charge in [-0.25, -0.2) is 0 Å². The van der Waals surface area contributed by atoms with Gasteiger partial charge in [0.2, 0.25) is 5.79 Å². The number of ether oxygens (including phenoxy) is 5. The predicted octanol–water partition coefficient (Wildman–Crippen LogP) is 5.01. The van der Waals surface area contributed by atoms with E-state index in [0.717, 1.165) is 5.57 Å². The van der Waals surface area contributed by atoms with E-state index >= 15 is 0 Å². The number of allylic oxidation sites excluding steroid dienone is 1. The van der Waals surface area contributed by atoms with Gasteiger partial charge in [0.15, 0.2) is 19.5 Å². The van der Waals surface area contributed by atoms with Crippen molar-refractivity contribution < 1.29 is 37.7 Å². The van der Waals surface area contributed by atoms with E-state index < -0.39 is 37.5 Å². The number of Topliss-reactive ketones (excluding diaryl/α,β-unsaturated/α-hetero) is 1. The SMILES string of the molecule is CCOC(=O)[C@]12C(O[Si](C)(C)C(C)(C)C)C=C(C)C[C@H]1C(=O)c1c(OC)ccc(OC)c1C21OCCO1. The highest BCUT2D eigenvalue weighted by Gasteiger charge is 2.76. The average Bonchev–Trinajstić information content (AvgIpc) is 3.31. The van der Waals surface area contributed by atoms with Crippen LogP contribution in [-0.4, -0.2) is 60.2 Å². The number of fused-ring (bicyclic) bond motifs is 4. The van der Waals surface area contributed by atoms with Crippen molar-refractivity contribution in [1.82, 2.24) is 0 Å². The molecule has 0 amide bonds. The molecule has 1 aromatic carbocycles. The van der Waals surface area contributed by atoms with Crippen molar-refractivity contribution in [1.29, 1.82) is 0 Å². The van der Waals surface area contributed by atoms with E-state index in [1.165, 1.54) is 14.2 Å². The third-order valence-corrected chi connectivity index (χ3v) is 13.0. The second-order valence-corrected chi connectivity index (χ2v) is 16.3. The summed E-state index contributed by atoms with van der Waals surface area (Å²) < 4.78 is 37.2. The van der Waals surface area contributed by atoms with Gasteiger partial charge in [0, 0.05) is 0 Å². The third kappa shape index (κ3) is 3.88. The number of hydrogen-bond donors (Lipinski definition) is 0. The largest absolute Gasteiger partial charge is 0.496 e. The summed E-state index contributed by atoms with van der Waals surface area (Å²) in [5.41, 5.74) is 0.00553. The van der Waals surface area contributed by atoms with E-state index in [2.05, 4.69) is 33.9 Å². The quantitative estimate of drug-likeness (QED) is 0.287. The summed E-state index contributed by atoms with van der Waals surface area (Å²) in [6.45, 7) is 15.0. The monoisotopic (exact) mass is 532 g/mol. The molecule has 1 fully saturated rings. The lowest BCUT2D eigenvalue weighted by atomic mass is 9.53. The van der Waals surface area contributed by atoms with Crippen LogP contribution < -0.4 is 9.47 Å². The van der Waals surface area contributed by atoms with Gasteiger partial charge in [0.25, 0.3) is 0 Å². The standard InChI is InChI=1S/C28H40O8Si/c1-10-33-25(30)27-18(15-17(2)16-21(27)36-37(8,9)26(3,4)5)24(29)22-19(31-6)11-12-20(32-7)23(22)28(27)34-13-14-35-28/h11-12,16,18,21H,10,13-15H2,1-9H3/t18-,21?,27+/m0/s1. The van der Waals surface area contributed by atoms with Crippen molar-refractivity contribution in [2.45, 2.75) is 71.1 Å². The maximum absolute atomic E-state index is 14.5. The van der Waals surface area contributed by atoms with Gasteiger partial charge in [-0.1, -0.05) is 32.4 Å². The van der Waals surface area contributed by atoms with E-state index in [1.807, 2.05) is 13.0 Å². The van der Waals surface area contributed by atoms with Crippen LogP contribution in [0.4, 0.5) is 0 Å². The minimum atomic E-state index is -2.47. The van der Waals surface area contributed by atoms with Crippen molar-refractivity contribution in [3.63, 3.8) is 0 Å². The first kappa shape index (κ1) is 27.8. The van der Waals surface area contributed by atoms with Crippen LogP contribution >= 0.6 is 0 Å². The van der Waals surface area contributed by atoms with Crippen LogP contribution in [0.2, 0.25) is 18.1 Å². The molecule has 0 aromatic heterocycles. The molecule has 1 aromatic rings. The molecule has 0 radical (unpaired) electrons. The predicted molar refractivity (Wildman–Crippen MR) is 140 cm³/mol. The number of benzene rings is 1. The van der Waals surface area contributed by atoms with Crippen molar-refractivity contribution in [2.24, 2.45) is 11.3 Å². The zero-order valence-corrected chi connectivity index (χ0v) is 24.5. The second kappa shape index (κ2) is 9.52. The van der Waals surface area contributed by atoms with Crippen LogP contribution in [0.15, 0.2) is 23.8 Å². The molecule has 1 unspecified atom stereocenters. The lowest BCUT2D eigenvalue weighted by Gasteiger charge is -2.57.